The number of hydrogen-bond acceptors (Lipinski definition) is 5. The van der Waals surface area contributed by atoms with Crippen molar-refractivity contribution in [2.45, 2.75) is 33.1 Å². The molecule has 3 heterocycles. The molecule has 2 amide bonds. The van der Waals surface area contributed by atoms with E-state index in [4.69, 9.17) is 4.74 Å². The van der Waals surface area contributed by atoms with Crippen molar-refractivity contribution in [3.05, 3.63) is 41.1 Å². The van der Waals surface area contributed by atoms with Gasteiger partial charge in [0, 0.05) is 39.3 Å². The van der Waals surface area contributed by atoms with Gasteiger partial charge < -0.3 is 9.64 Å². The number of aryl methyl sites for hydroxylation is 1. The highest BCUT2D eigenvalue weighted by molar-refractivity contribution is 6.35. The maximum absolute atomic E-state index is 13.4. The first kappa shape index (κ1) is 21.1. The monoisotopic (exact) mass is 411 g/mol. The molecule has 2 saturated heterocycles. The van der Waals surface area contributed by atoms with Crippen molar-refractivity contribution in [2.75, 3.05) is 52.5 Å². The molecule has 0 N–H and O–H groups in total. The van der Waals surface area contributed by atoms with Crippen molar-refractivity contribution in [1.82, 2.24) is 14.7 Å². The molecule has 0 aliphatic carbocycles. The van der Waals surface area contributed by atoms with Crippen LogP contribution in [0.15, 0.2) is 30.0 Å². The Morgan fingerprint density at radius 2 is 1.60 bits per heavy atom. The van der Waals surface area contributed by atoms with E-state index < -0.39 is 0 Å². The molecule has 162 valence electrons. The third-order valence-corrected chi connectivity index (χ3v) is 6.54. The minimum absolute atomic E-state index is 0.118. The molecule has 0 bridgehead atoms. The number of morpholine rings is 1. The zero-order valence-electron chi connectivity index (χ0n) is 18.2. The van der Waals surface area contributed by atoms with Gasteiger partial charge in [0.2, 0.25) is 0 Å². The summed E-state index contributed by atoms with van der Waals surface area (Å²) < 4.78 is 5.40. The summed E-state index contributed by atoms with van der Waals surface area (Å²) in [5.74, 6) is 0.410. The van der Waals surface area contributed by atoms with E-state index in [0.717, 1.165) is 76.3 Å². The maximum Gasteiger partial charge on any atom is 0.277 e. The van der Waals surface area contributed by atoms with Crippen LogP contribution in [-0.4, -0.2) is 79.0 Å². The van der Waals surface area contributed by atoms with Crippen LogP contribution >= 0.6 is 0 Å². The van der Waals surface area contributed by atoms with Crippen molar-refractivity contribution in [1.29, 1.82) is 0 Å². The quantitative estimate of drug-likeness (QED) is 0.674. The number of amides is 2. The number of hydrogen-bond donors (Lipinski definition) is 0. The molecule has 3 aliphatic heterocycles. The average Bonchev–Trinajstić information content (AvgIpc) is 3.00. The summed E-state index contributed by atoms with van der Waals surface area (Å²) in [6.07, 6.45) is 2.91. The first-order valence-corrected chi connectivity index (χ1v) is 11.3. The van der Waals surface area contributed by atoms with Gasteiger partial charge in [-0.25, -0.2) is 0 Å². The van der Waals surface area contributed by atoms with Gasteiger partial charge in [-0.2, -0.15) is 0 Å². The highest BCUT2D eigenvalue weighted by Crippen LogP contribution is 2.34. The Morgan fingerprint density at radius 3 is 2.27 bits per heavy atom. The van der Waals surface area contributed by atoms with E-state index in [1.807, 2.05) is 31.2 Å². The lowest BCUT2D eigenvalue weighted by atomic mass is 9.97. The lowest BCUT2D eigenvalue weighted by molar-refractivity contribution is -0.137. The molecular formula is C24H33N3O3. The standard InChI is InChI=1S/C24H33N3O3/c1-18-4-6-20(7-5-18)21-22(26-12-8-19(2)9-13-26)24(29)27(23(21)28)11-3-10-25-14-16-30-17-15-25/h4-7,19H,3,8-17H2,1-2H3. The molecule has 4 rings (SSSR count). The summed E-state index contributed by atoms with van der Waals surface area (Å²) in [6, 6.07) is 7.97. The number of likely N-dealkylation sites (tertiary alicyclic amines) is 1. The molecular weight excluding hydrogens is 378 g/mol. The summed E-state index contributed by atoms with van der Waals surface area (Å²) in [7, 11) is 0. The van der Waals surface area contributed by atoms with E-state index in [0.29, 0.717) is 23.7 Å². The van der Waals surface area contributed by atoms with Gasteiger partial charge in [0.1, 0.15) is 5.70 Å². The zero-order valence-corrected chi connectivity index (χ0v) is 18.2. The van der Waals surface area contributed by atoms with Crippen molar-refractivity contribution >= 4 is 17.4 Å². The number of ether oxygens (including phenoxy) is 1. The van der Waals surface area contributed by atoms with Gasteiger partial charge in [-0.1, -0.05) is 36.8 Å². The molecule has 6 heteroatoms. The molecule has 1 aromatic carbocycles. The number of carbonyl (C=O) groups is 2. The lowest BCUT2D eigenvalue weighted by Gasteiger charge is -2.32. The normalized spacial score (nSPS) is 21.8. The highest BCUT2D eigenvalue weighted by Gasteiger charge is 2.41. The molecule has 0 spiro atoms. The predicted molar refractivity (Wildman–Crippen MR) is 117 cm³/mol. The Labute approximate surface area is 179 Å². The Kier molecular flexibility index (Phi) is 6.54. The number of imide groups is 1. The predicted octanol–water partition coefficient (Wildman–Crippen LogP) is 2.53. The van der Waals surface area contributed by atoms with Crippen LogP contribution in [0.5, 0.6) is 0 Å². The Morgan fingerprint density at radius 1 is 0.933 bits per heavy atom. The Hall–Kier alpha value is -2.18. The second kappa shape index (κ2) is 9.31. The zero-order chi connectivity index (χ0) is 21.1. The molecule has 2 fully saturated rings. The first-order valence-electron chi connectivity index (χ1n) is 11.3. The van der Waals surface area contributed by atoms with E-state index in [2.05, 4.69) is 16.7 Å². The van der Waals surface area contributed by atoms with Crippen molar-refractivity contribution in [3.8, 4) is 0 Å². The fourth-order valence-corrected chi connectivity index (χ4v) is 4.55. The van der Waals surface area contributed by atoms with Gasteiger partial charge in [0.15, 0.2) is 0 Å². The third-order valence-electron chi connectivity index (χ3n) is 6.54. The molecule has 0 aromatic heterocycles. The average molecular weight is 412 g/mol. The largest absolute Gasteiger partial charge is 0.379 e. The number of carbonyl (C=O) groups excluding carboxylic acids is 2. The number of benzene rings is 1. The maximum atomic E-state index is 13.4. The van der Waals surface area contributed by atoms with Crippen LogP contribution in [0.2, 0.25) is 0 Å². The van der Waals surface area contributed by atoms with Gasteiger partial charge in [-0.3, -0.25) is 19.4 Å². The summed E-state index contributed by atoms with van der Waals surface area (Å²) in [5.41, 5.74) is 3.19. The van der Waals surface area contributed by atoms with Gasteiger partial charge in [-0.05, 0) is 37.7 Å². The van der Waals surface area contributed by atoms with E-state index in [1.165, 1.54) is 4.90 Å². The van der Waals surface area contributed by atoms with Crippen LogP contribution in [0.3, 0.4) is 0 Å². The number of rotatable bonds is 6. The first-order chi connectivity index (χ1) is 14.5. The molecule has 3 aliphatic rings. The molecule has 0 atom stereocenters. The minimum Gasteiger partial charge on any atom is -0.379 e. The third kappa shape index (κ3) is 4.44. The van der Waals surface area contributed by atoms with Crippen LogP contribution in [0.1, 0.15) is 37.3 Å². The van der Waals surface area contributed by atoms with Crippen LogP contribution in [0.25, 0.3) is 5.57 Å². The molecule has 0 radical (unpaired) electrons. The smallest absolute Gasteiger partial charge is 0.277 e. The summed E-state index contributed by atoms with van der Waals surface area (Å²) in [6.45, 7) is 10.7. The number of nitrogens with zero attached hydrogens (tertiary/aromatic N) is 3. The summed E-state index contributed by atoms with van der Waals surface area (Å²) in [4.78, 5) is 32.8. The SMILES string of the molecule is Cc1ccc(C2=C(N3CCC(C)CC3)C(=O)N(CCCN3CCOCC3)C2=O)cc1. The second-order valence-electron chi connectivity index (χ2n) is 8.83. The summed E-state index contributed by atoms with van der Waals surface area (Å²) in [5, 5.41) is 0. The van der Waals surface area contributed by atoms with Crippen LogP contribution < -0.4 is 0 Å². The van der Waals surface area contributed by atoms with Gasteiger partial charge >= 0.3 is 0 Å². The Balaban J connectivity index is 1.53. The van der Waals surface area contributed by atoms with Gasteiger partial charge in [-0.15, -0.1) is 0 Å². The molecule has 6 nitrogen and oxygen atoms in total. The second-order valence-corrected chi connectivity index (χ2v) is 8.83. The van der Waals surface area contributed by atoms with Gasteiger partial charge in [0.05, 0.1) is 18.8 Å². The molecule has 1 aromatic rings. The van der Waals surface area contributed by atoms with Crippen LogP contribution in [0, 0.1) is 12.8 Å². The van der Waals surface area contributed by atoms with E-state index in [-0.39, 0.29) is 11.8 Å². The van der Waals surface area contributed by atoms with Crippen LogP contribution in [-0.2, 0) is 14.3 Å². The van der Waals surface area contributed by atoms with Crippen molar-refractivity contribution in [3.63, 3.8) is 0 Å². The minimum atomic E-state index is -0.139. The fourth-order valence-electron chi connectivity index (χ4n) is 4.55. The highest BCUT2D eigenvalue weighted by atomic mass is 16.5. The molecule has 0 saturated carbocycles. The van der Waals surface area contributed by atoms with Crippen molar-refractivity contribution in [2.24, 2.45) is 5.92 Å². The number of piperidine rings is 1. The topological polar surface area (TPSA) is 53.1 Å². The Bertz CT molecular complexity index is 803. The van der Waals surface area contributed by atoms with E-state index in [9.17, 15) is 9.59 Å². The lowest BCUT2D eigenvalue weighted by Crippen LogP contribution is -2.41. The van der Waals surface area contributed by atoms with Gasteiger partial charge in [0.25, 0.3) is 11.8 Å². The summed E-state index contributed by atoms with van der Waals surface area (Å²) >= 11 is 0. The van der Waals surface area contributed by atoms with E-state index in [1.54, 1.807) is 0 Å². The molecule has 30 heavy (non-hydrogen) atoms. The van der Waals surface area contributed by atoms with Crippen LogP contribution in [0.4, 0.5) is 0 Å². The fraction of sp³-hybridized carbons (Fsp3) is 0.583. The van der Waals surface area contributed by atoms with E-state index >= 15 is 0 Å². The molecule has 0 unspecified atom stereocenters. The van der Waals surface area contributed by atoms with Crippen molar-refractivity contribution < 1.29 is 14.3 Å².